The molecule has 2 rings (SSSR count). The van der Waals surface area contributed by atoms with E-state index in [2.05, 4.69) is 67.4 Å². The van der Waals surface area contributed by atoms with Crippen LogP contribution in [0.5, 0.6) is 0 Å². The first kappa shape index (κ1) is 14.6. The number of nitrogens with two attached hydrogens (primary N) is 1. The zero-order valence-electron chi connectivity index (χ0n) is 12.6. The fourth-order valence-corrected chi connectivity index (χ4v) is 2.12. The molecule has 0 spiro atoms. The lowest BCUT2D eigenvalue weighted by atomic mass is 10.2. The summed E-state index contributed by atoms with van der Waals surface area (Å²) in [6.07, 6.45) is 3.16. The van der Waals surface area contributed by atoms with E-state index in [1.165, 1.54) is 5.69 Å². The van der Waals surface area contributed by atoms with Crippen molar-refractivity contribution in [3.63, 3.8) is 0 Å². The third-order valence-electron chi connectivity index (χ3n) is 3.72. The van der Waals surface area contributed by atoms with Crippen LogP contribution in [-0.2, 0) is 13.1 Å². The van der Waals surface area contributed by atoms with E-state index in [-0.39, 0.29) is 0 Å². The first-order chi connectivity index (χ1) is 9.63. The summed E-state index contributed by atoms with van der Waals surface area (Å²) in [6.45, 7) is 5.76. The van der Waals surface area contributed by atoms with Gasteiger partial charge in [-0.05, 0) is 37.1 Å². The molecule has 4 heteroatoms. The van der Waals surface area contributed by atoms with Crippen LogP contribution in [0.15, 0.2) is 36.5 Å². The first-order valence-corrected chi connectivity index (χ1v) is 7.18. The van der Waals surface area contributed by atoms with Crippen molar-refractivity contribution in [3.05, 3.63) is 47.8 Å². The number of anilines is 1. The maximum atomic E-state index is 5.62. The molecule has 0 saturated carbocycles. The highest BCUT2D eigenvalue weighted by Crippen LogP contribution is 2.16. The molecule has 2 N–H and O–H groups in total. The van der Waals surface area contributed by atoms with E-state index in [9.17, 15) is 0 Å². The molecule has 0 aliphatic carbocycles. The van der Waals surface area contributed by atoms with Gasteiger partial charge in [-0.25, -0.2) is 0 Å². The highest BCUT2D eigenvalue weighted by atomic mass is 15.3. The highest BCUT2D eigenvalue weighted by molar-refractivity contribution is 5.47. The summed E-state index contributed by atoms with van der Waals surface area (Å²) in [6, 6.07) is 10.9. The van der Waals surface area contributed by atoms with Gasteiger partial charge in [0.2, 0.25) is 0 Å². The maximum Gasteiger partial charge on any atom is 0.0817 e. The van der Waals surface area contributed by atoms with Crippen LogP contribution in [0.4, 0.5) is 5.69 Å². The molecule has 1 aromatic heterocycles. The lowest BCUT2D eigenvalue weighted by Crippen LogP contribution is -2.17. The smallest absolute Gasteiger partial charge is 0.0817 e. The van der Waals surface area contributed by atoms with Gasteiger partial charge in [-0.3, -0.25) is 4.68 Å². The van der Waals surface area contributed by atoms with E-state index in [0.717, 1.165) is 24.2 Å². The number of rotatable bonds is 6. The highest BCUT2D eigenvalue weighted by Gasteiger charge is 2.07. The van der Waals surface area contributed by atoms with Gasteiger partial charge in [-0.15, -0.1) is 0 Å². The van der Waals surface area contributed by atoms with Crippen molar-refractivity contribution >= 4 is 5.69 Å². The summed E-state index contributed by atoms with van der Waals surface area (Å²) < 4.78 is 2.04. The molecule has 1 atom stereocenters. The Balaban J connectivity index is 2.03. The molecular weight excluding hydrogens is 248 g/mol. The van der Waals surface area contributed by atoms with Crippen molar-refractivity contribution in [1.82, 2.24) is 9.78 Å². The maximum absolute atomic E-state index is 5.62. The molecule has 0 bridgehead atoms. The first-order valence-electron chi connectivity index (χ1n) is 7.18. The van der Waals surface area contributed by atoms with Crippen LogP contribution in [0.3, 0.4) is 0 Å². The summed E-state index contributed by atoms with van der Waals surface area (Å²) in [5.41, 5.74) is 9.05. The van der Waals surface area contributed by atoms with Crippen molar-refractivity contribution in [1.29, 1.82) is 0 Å². The van der Waals surface area contributed by atoms with E-state index in [1.807, 2.05) is 4.68 Å². The van der Waals surface area contributed by atoms with Crippen LogP contribution in [-0.4, -0.2) is 16.8 Å². The largest absolute Gasteiger partial charge is 0.369 e. The minimum atomic E-state index is 0.456. The van der Waals surface area contributed by atoms with Crippen molar-refractivity contribution < 1.29 is 0 Å². The van der Waals surface area contributed by atoms with Gasteiger partial charge < -0.3 is 10.6 Å². The third kappa shape index (κ3) is 3.39. The Morgan fingerprint density at radius 2 is 1.95 bits per heavy atom. The van der Waals surface area contributed by atoms with E-state index in [0.29, 0.717) is 12.6 Å². The fourth-order valence-electron chi connectivity index (χ4n) is 2.12. The van der Waals surface area contributed by atoms with Gasteiger partial charge >= 0.3 is 0 Å². The Hall–Kier alpha value is -1.81. The Bertz CT molecular complexity index is 530. The monoisotopic (exact) mass is 272 g/mol. The minimum Gasteiger partial charge on any atom is -0.369 e. The molecule has 2 aromatic rings. The quantitative estimate of drug-likeness (QED) is 0.879. The van der Waals surface area contributed by atoms with Crippen molar-refractivity contribution in [2.45, 2.75) is 39.4 Å². The number of aromatic nitrogens is 2. The second-order valence-electron chi connectivity index (χ2n) is 5.27. The topological polar surface area (TPSA) is 47.1 Å². The predicted molar refractivity (Wildman–Crippen MR) is 83.7 cm³/mol. The molecule has 1 heterocycles. The van der Waals surface area contributed by atoms with Crippen LogP contribution < -0.4 is 10.6 Å². The molecule has 0 amide bonds. The minimum absolute atomic E-state index is 0.456. The average molecular weight is 272 g/mol. The predicted octanol–water partition coefficient (Wildman–Crippen LogP) is 2.95. The van der Waals surface area contributed by atoms with Gasteiger partial charge in [0, 0.05) is 31.5 Å². The van der Waals surface area contributed by atoms with Crippen molar-refractivity contribution in [2.24, 2.45) is 5.73 Å². The normalized spacial score (nSPS) is 12.4. The van der Waals surface area contributed by atoms with E-state index in [1.54, 1.807) is 0 Å². The lowest BCUT2D eigenvalue weighted by Gasteiger charge is -2.18. The van der Waals surface area contributed by atoms with Crippen LogP contribution in [0.1, 0.15) is 37.6 Å². The molecular formula is C16H24N4. The zero-order chi connectivity index (χ0) is 14.5. The van der Waals surface area contributed by atoms with E-state index in [4.69, 9.17) is 5.73 Å². The van der Waals surface area contributed by atoms with Crippen LogP contribution >= 0.6 is 0 Å². The number of benzene rings is 1. The van der Waals surface area contributed by atoms with Crippen LogP contribution in [0.25, 0.3) is 0 Å². The van der Waals surface area contributed by atoms with E-state index >= 15 is 0 Å². The van der Waals surface area contributed by atoms with Gasteiger partial charge in [0.1, 0.15) is 0 Å². The molecule has 0 saturated heterocycles. The molecule has 20 heavy (non-hydrogen) atoms. The molecule has 0 aliphatic heterocycles. The summed E-state index contributed by atoms with van der Waals surface area (Å²) in [5.74, 6) is 0. The summed E-state index contributed by atoms with van der Waals surface area (Å²) in [4.78, 5) is 2.20. The van der Waals surface area contributed by atoms with Gasteiger partial charge in [0.05, 0.1) is 12.2 Å². The van der Waals surface area contributed by atoms with Gasteiger partial charge in [0.15, 0.2) is 0 Å². The molecule has 1 unspecified atom stereocenters. The molecule has 1 aromatic carbocycles. The fraction of sp³-hybridized carbons (Fsp3) is 0.438. The SMILES string of the molecule is CCC(C)n1ccc(CN(C)c2ccc(CN)cc2)n1. The molecule has 4 nitrogen and oxygen atoms in total. The summed E-state index contributed by atoms with van der Waals surface area (Å²) in [5, 5.41) is 4.64. The van der Waals surface area contributed by atoms with E-state index < -0.39 is 0 Å². The Kier molecular flexibility index (Phi) is 4.79. The Morgan fingerprint density at radius 3 is 2.55 bits per heavy atom. The summed E-state index contributed by atoms with van der Waals surface area (Å²) in [7, 11) is 2.08. The third-order valence-corrected chi connectivity index (χ3v) is 3.72. The molecule has 0 aliphatic rings. The average Bonchev–Trinajstić information content (AvgIpc) is 2.95. The standard InChI is InChI=1S/C16H24N4/c1-4-13(2)20-10-9-15(18-20)12-19(3)16-7-5-14(11-17)6-8-16/h5-10,13H,4,11-12,17H2,1-3H3. The molecule has 0 fully saturated rings. The lowest BCUT2D eigenvalue weighted by molar-refractivity contribution is 0.473. The number of hydrogen-bond acceptors (Lipinski definition) is 3. The van der Waals surface area contributed by atoms with Gasteiger partial charge in [-0.2, -0.15) is 5.10 Å². The molecule has 0 radical (unpaired) electrons. The van der Waals surface area contributed by atoms with Crippen molar-refractivity contribution in [2.75, 3.05) is 11.9 Å². The van der Waals surface area contributed by atoms with Crippen LogP contribution in [0.2, 0.25) is 0 Å². The van der Waals surface area contributed by atoms with Gasteiger partial charge in [0.25, 0.3) is 0 Å². The zero-order valence-corrected chi connectivity index (χ0v) is 12.6. The second-order valence-corrected chi connectivity index (χ2v) is 5.27. The second kappa shape index (κ2) is 6.57. The molecule has 108 valence electrons. The van der Waals surface area contributed by atoms with Crippen molar-refractivity contribution in [3.8, 4) is 0 Å². The number of nitrogens with zero attached hydrogens (tertiary/aromatic N) is 3. The van der Waals surface area contributed by atoms with Gasteiger partial charge in [-0.1, -0.05) is 19.1 Å². The summed E-state index contributed by atoms with van der Waals surface area (Å²) >= 11 is 0. The van der Waals surface area contributed by atoms with Crippen LogP contribution in [0, 0.1) is 0 Å². The Labute approximate surface area is 121 Å². The Morgan fingerprint density at radius 1 is 1.25 bits per heavy atom. The number of hydrogen-bond donors (Lipinski definition) is 1.